The SMILES string of the molecule is Cc1cc(OCCCC2CCN(c3ncc(Cl)cn3)CC2)cc(C)c1CNCC[C@@H](C)N. The van der Waals surface area contributed by atoms with Crippen molar-refractivity contribution in [2.24, 2.45) is 11.7 Å². The Morgan fingerprint density at radius 2 is 1.84 bits per heavy atom. The Morgan fingerprint density at radius 1 is 1.19 bits per heavy atom. The van der Waals surface area contributed by atoms with Crippen LogP contribution in [0.1, 0.15) is 55.7 Å². The summed E-state index contributed by atoms with van der Waals surface area (Å²) in [6.45, 7) is 11.0. The van der Waals surface area contributed by atoms with Gasteiger partial charge in [-0.3, -0.25) is 0 Å². The summed E-state index contributed by atoms with van der Waals surface area (Å²) in [5.74, 6) is 2.51. The average Bonchev–Trinajstić information content (AvgIpc) is 2.76. The van der Waals surface area contributed by atoms with Gasteiger partial charge in [0.15, 0.2) is 0 Å². The maximum Gasteiger partial charge on any atom is 0.225 e. The number of anilines is 1. The van der Waals surface area contributed by atoms with Crippen LogP contribution in [-0.4, -0.2) is 42.3 Å². The van der Waals surface area contributed by atoms with E-state index in [0.717, 1.165) is 63.2 Å². The lowest BCUT2D eigenvalue weighted by atomic mass is 9.92. The molecule has 0 aliphatic carbocycles. The molecule has 176 valence electrons. The largest absolute Gasteiger partial charge is 0.494 e. The Hall–Kier alpha value is -1.89. The Balaban J connectivity index is 1.36. The van der Waals surface area contributed by atoms with Gasteiger partial charge in [-0.2, -0.15) is 0 Å². The Kier molecular flexibility index (Phi) is 9.57. The van der Waals surface area contributed by atoms with Crippen LogP contribution in [0.5, 0.6) is 5.75 Å². The second-order valence-electron chi connectivity index (χ2n) is 9.10. The Labute approximate surface area is 197 Å². The quantitative estimate of drug-likeness (QED) is 0.476. The van der Waals surface area contributed by atoms with E-state index in [0.29, 0.717) is 5.02 Å². The molecule has 0 unspecified atom stereocenters. The molecule has 1 fully saturated rings. The van der Waals surface area contributed by atoms with Crippen LogP contribution in [0.3, 0.4) is 0 Å². The molecule has 1 aromatic carbocycles. The van der Waals surface area contributed by atoms with Crippen LogP contribution in [0.25, 0.3) is 0 Å². The zero-order valence-corrected chi connectivity index (χ0v) is 20.5. The van der Waals surface area contributed by atoms with Gasteiger partial charge in [0.1, 0.15) is 5.75 Å². The minimum atomic E-state index is 0.241. The van der Waals surface area contributed by atoms with Crippen LogP contribution in [0.2, 0.25) is 5.02 Å². The molecule has 1 aromatic heterocycles. The third kappa shape index (κ3) is 7.61. The number of rotatable bonds is 11. The molecule has 6 nitrogen and oxygen atoms in total. The number of aromatic nitrogens is 2. The number of nitrogens with one attached hydrogen (secondary N) is 1. The number of nitrogens with zero attached hydrogens (tertiary/aromatic N) is 3. The van der Waals surface area contributed by atoms with Crippen LogP contribution in [-0.2, 0) is 6.54 Å². The fourth-order valence-electron chi connectivity index (χ4n) is 4.31. The third-order valence-corrected chi connectivity index (χ3v) is 6.47. The van der Waals surface area contributed by atoms with Gasteiger partial charge in [0.2, 0.25) is 5.95 Å². The van der Waals surface area contributed by atoms with Gasteiger partial charge >= 0.3 is 0 Å². The molecule has 0 spiro atoms. The van der Waals surface area contributed by atoms with E-state index in [1.807, 2.05) is 6.92 Å². The van der Waals surface area contributed by atoms with Crippen LogP contribution in [0.4, 0.5) is 5.95 Å². The van der Waals surface area contributed by atoms with Crippen LogP contribution >= 0.6 is 11.6 Å². The van der Waals surface area contributed by atoms with Gasteiger partial charge in [0, 0.05) is 25.7 Å². The highest BCUT2D eigenvalue weighted by Gasteiger charge is 2.20. The van der Waals surface area contributed by atoms with Gasteiger partial charge in [0.25, 0.3) is 0 Å². The molecule has 1 atom stereocenters. The van der Waals surface area contributed by atoms with Gasteiger partial charge in [-0.25, -0.2) is 9.97 Å². The highest BCUT2D eigenvalue weighted by Crippen LogP contribution is 2.26. The predicted octanol–water partition coefficient (Wildman–Crippen LogP) is 4.65. The van der Waals surface area contributed by atoms with E-state index < -0.39 is 0 Å². The van der Waals surface area contributed by atoms with E-state index in [9.17, 15) is 0 Å². The summed E-state index contributed by atoms with van der Waals surface area (Å²) in [6.07, 6.45) is 8.97. The lowest BCUT2D eigenvalue weighted by Gasteiger charge is -2.32. The van der Waals surface area contributed by atoms with Crippen molar-refractivity contribution in [2.45, 2.75) is 65.5 Å². The molecule has 2 aromatic rings. The number of benzene rings is 1. The molecule has 3 rings (SSSR count). The molecule has 1 aliphatic heterocycles. The molecular formula is C25H38ClN5O. The molecule has 0 bridgehead atoms. The van der Waals surface area contributed by atoms with E-state index in [2.05, 4.69) is 46.2 Å². The first-order chi connectivity index (χ1) is 15.4. The first-order valence-corrected chi connectivity index (χ1v) is 12.2. The van der Waals surface area contributed by atoms with E-state index >= 15 is 0 Å². The Morgan fingerprint density at radius 3 is 2.47 bits per heavy atom. The number of hydrogen-bond donors (Lipinski definition) is 2. The zero-order valence-electron chi connectivity index (χ0n) is 19.7. The molecule has 0 saturated carbocycles. The minimum absolute atomic E-state index is 0.241. The van der Waals surface area contributed by atoms with Crippen molar-refractivity contribution in [3.8, 4) is 5.75 Å². The van der Waals surface area contributed by atoms with Gasteiger partial charge in [-0.15, -0.1) is 0 Å². The van der Waals surface area contributed by atoms with E-state index in [-0.39, 0.29) is 6.04 Å². The predicted molar refractivity (Wildman–Crippen MR) is 133 cm³/mol. The Bertz CT molecular complexity index is 812. The number of ether oxygens (including phenoxy) is 1. The van der Waals surface area contributed by atoms with Crippen LogP contribution in [0, 0.1) is 19.8 Å². The average molecular weight is 460 g/mol. The fourth-order valence-corrected chi connectivity index (χ4v) is 4.41. The number of hydrogen-bond acceptors (Lipinski definition) is 6. The topological polar surface area (TPSA) is 76.3 Å². The summed E-state index contributed by atoms with van der Waals surface area (Å²) in [6, 6.07) is 4.57. The van der Waals surface area contributed by atoms with Crippen LogP contribution < -0.4 is 20.7 Å². The number of halogens is 1. The molecule has 1 saturated heterocycles. The van der Waals surface area contributed by atoms with Crippen molar-refractivity contribution in [3.63, 3.8) is 0 Å². The monoisotopic (exact) mass is 459 g/mol. The van der Waals surface area contributed by atoms with Gasteiger partial charge in [-0.05, 0) is 94.2 Å². The van der Waals surface area contributed by atoms with Gasteiger partial charge in [0.05, 0.1) is 24.0 Å². The van der Waals surface area contributed by atoms with Crippen molar-refractivity contribution >= 4 is 17.5 Å². The lowest BCUT2D eigenvalue weighted by molar-refractivity contribution is 0.278. The maximum atomic E-state index is 6.09. The summed E-state index contributed by atoms with van der Waals surface area (Å²) in [7, 11) is 0. The van der Waals surface area contributed by atoms with Crippen molar-refractivity contribution in [1.82, 2.24) is 15.3 Å². The number of aryl methyl sites for hydroxylation is 2. The molecule has 0 radical (unpaired) electrons. The number of piperidine rings is 1. The highest BCUT2D eigenvalue weighted by molar-refractivity contribution is 6.30. The highest BCUT2D eigenvalue weighted by atomic mass is 35.5. The third-order valence-electron chi connectivity index (χ3n) is 6.28. The molecule has 3 N–H and O–H groups in total. The smallest absolute Gasteiger partial charge is 0.225 e. The first-order valence-electron chi connectivity index (χ1n) is 11.8. The summed E-state index contributed by atoms with van der Waals surface area (Å²) >= 11 is 5.89. The van der Waals surface area contributed by atoms with Crippen molar-refractivity contribution in [1.29, 1.82) is 0 Å². The molecule has 0 amide bonds. The molecule has 7 heteroatoms. The van der Waals surface area contributed by atoms with E-state index in [1.165, 1.54) is 36.0 Å². The summed E-state index contributed by atoms with van der Waals surface area (Å²) in [4.78, 5) is 10.9. The van der Waals surface area contributed by atoms with Crippen LogP contribution in [0.15, 0.2) is 24.5 Å². The molecular weight excluding hydrogens is 422 g/mol. The molecule has 32 heavy (non-hydrogen) atoms. The maximum absolute atomic E-state index is 6.09. The van der Waals surface area contributed by atoms with Crippen molar-refractivity contribution in [3.05, 3.63) is 46.2 Å². The normalized spacial score (nSPS) is 15.7. The minimum Gasteiger partial charge on any atom is -0.494 e. The molecule has 1 aliphatic rings. The van der Waals surface area contributed by atoms with E-state index in [1.54, 1.807) is 12.4 Å². The summed E-state index contributed by atoms with van der Waals surface area (Å²) < 4.78 is 6.09. The molecule has 2 heterocycles. The van der Waals surface area contributed by atoms with Crippen molar-refractivity contribution in [2.75, 3.05) is 31.1 Å². The number of nitrogens with two attached hydrogens (primary N) is 1. The van der Waals surface area contributed by atoms with E-state index in [4.69, 9.17) is 22.1 Å². The second kappa shape index (κ2) is 12.4. The standard InChI is InChI=1S/C25H38ClN5O/c1-18-13-23(14-19(2)24(18)17-28-9-6-20(3)27)32-12-4-5-21-7-10-31(11-8-21)25-29-15-22(26)16-30-25/h13-16,20-21,28H,4-12,17,27H2,1-3H3/t20-/m1/s1. The van der Waals surface area contributed by atoms with Crippen molar-refractivity contribution < 1.29 is 4.74 Å². The summed E-state index contributed by atoms with van der Waals surface area (Å²) in [5, 5.41) is 4.08. The summed E-state index contributed by atoms with van der Waals surface area (Å²) in [5.41, 5.74) is 9.75. The second-order valence-corrected chi connectivity index (χ2v) is 9.54. The fraction of sp³-hybridized carbons (Fsp3) is 0.600. The lowest BCUT2D eigenvalue weighted by Crippen LogP contribution is -2.34. The van der Waals surface area contributed by atoms with Gasteiger partial charge < -0.3 is 20.7 Å². The first kappa shape index (κ1) is 24.7. The zero-order chi connectivity index (χ0) is 22.9. The van der Waals surface area contributed by atoms with Gasteiger partial charge in [-0.1, -0.05) is 11.6 Å².